The smallest absolute Gasteiger partial charge is 0.143 e. The van der Waals surface area contributed by atoms with Crippen molar-refractivity contribution in [2.75, 3.05) is 0 Å². The summed E-state index contributed by atoms with van der Waals surface area (Å²) in [5.41, 5.74) is 2.32. The molecule has 0 radical (unpaired) electrons. The van der Waals surface area contributed by atoms with Crippen LogP contribution in [0, 0.1) is 0 Å². The lowest BCUT2D eigenvalue weighted by atomic mass is 10.0. The van der Waals surface area contributed by atoms with E-state index in [9.17, 15) is 0 Å². The van der Waals surface area contributed by atoms with Crippen LogP contribution in [0.3, 0.4) is 0 Å². The van der Waals surface area contributed by atoms with E-state index in [1.54, 1.807) is 22.7 Å². The number of benzene rings is 2. The maximum atomic E-state index is 4.53. The van der Waals surface area contributed by atoms with Gasteiger partial charge in [0.05, 0.1) is 0 Å². The van der Waals surface area contributed by atoms with E-state index < -0.39 is 0 Å². The molecule has 168 valence electrons. The average Bonchev–Trinajstić information content (AvgIpc) is 3.49. The van der Waals surface area contributed by atoms with Gasteiger partial charge in [-0.1, -0.05) is 111 Å². The summed E-state index contributed by atoms with van der Waals surface area (Å²) in [6.07, 6.45) is 12.1. The number of rotatable bonds is 12. The Bertz CT molecular complexity index is 1040. The van der Waals surface area contributed by atoms with Gasteiger partial charge in [-0.15, -0.1) is 20.4 Å². The minimum atomic E-state index is 1.01. The Morgan fingerprint density at radius 1 is 0.562 bits per heavy atom. The Hall–Kier alpha value is -2.18. The number of nitrogens with zero attached hydrogens (tertiary/aromatic N) is 4. The van der Waals surface area contributed by atoms with Crippen molar-refractivity contribution in [3.8, 4) is 21.1 Å². The minimum Gasteiger partial charge on any atom is -0.143 e. The molecule has 0 N–H and O–H groups in total. The van der Waals surface area contributed by atoms with Gasteiger partial charge in [-0.25, -0.2) is 0 Å². The SMILES string of the molecule is CCCCCCc1nnc(-c2cccc3c(-c4nnc(CCCCCC)s4)cccc23)s1. The van der Waals surface area contributed by atoms with Crippen LogP contribution in [0.5, 0.6) is 0 Å². The molecule has 4 rings (SSSR count). The van der Waals surface area contributed by atoms with Gasteiger partial charge in [-0.3, -0.25) is 0 Å². The molecule has 0 atom stereocenters. The monoisotopic (exact) mass is 464 g/mol. The maximum absolute atomic E-state index is 4.53. The van der Waals surface area contributed by atoms with Gasteiger partial charge < -0.3 is 0 Å². The summed E-state index contributed by atoms with van der Waals surface area (Å²) in [5, 5.41) is 24.7. The first-order valence-corrected chi connectivity index (χ1v) is 13.6. The third-order valence-corrected chi connectivity index (χ3v) is 7.84. The molecule has 2 aromatic carbocycles. The molecule has 0 unspecified atom stereocenters. The van der Waals surface area contributed by atoms with Crippen LogP contribution in [-0.4, -0.2) is 20.4 Å². The number of aryl methyl sites for hydroxylation is 2. The second-order valence-electron chi connectivity index (χ2n) is 8.33. The Morgan fingerprint density at radius 3 is 1.47 bits per heavy atom. The van der Waals surface area contributed by atoms with E-state index in [1.807, 2.05) is 0 Å². The number of hydrogen-bond acceptors (Lipinski definition) is 6. The average molecular weight is 465 g/mol. The predicted molar refractivity (Wildman–Crippen MR) is 137 cm³/mol. The quantitative estimate of drug-likeness (QED) is 0.199. The summed E-state index contributed by atoms with van der Waals surface area (Å²) in [7, 11) is 0. The molecular weight excluding hydrogens is 432 g/mol. The van der Waals surface area contributed by atoms with Crippen molar-refractivity contribution < 1.29 is 0 Å². The van der Waals surface area contributed by atoms with E-state index in [1.165, 1.54) is 62.1 Å². The molecule has 32 heavy (non-hydrogen) atoms. The Kier molecular flexibility index (Phi) is 8.35. The molecule has 2 aromatic heterocycles. The number of aromatic nitrogens is 4. The van der Waals surface area contributed by atoms with Gasteiger partial charge in [0, 0.05) is 24.0 Å². The molecule has 0 bridgehead atoms. The second-order valence-corrected chi connectivity index (χ2v) is 10.5. The van der Waals surface area contributed by atoms with E-state index in [2.05, 4.69) is 70.6 Å². The minimum absolute atomic E-state index is 1.01. The van der Waals surface area contributed by atoms with Gasteiger partial charge in [-0.05, 0) is 23.6 Å². The van der Waals surface area contributed by atoms with Gasteiger partial charge >= 0.3 is 0 Å². The first-order chi connectivity index (χ1) is 15.8. The van der Waals surface area contributed by atoms with Gasteiger partial charge in [0.2, 0.25) is 0 Å². The van der Waals surface area contributed by atoms with E-state index in [0.29, 0.717) is 0 Å². The summed E-state index contributed by atoms with van der Waals surface area (Å²) in [6.45, 7) is 4.49. The van der Waals surface area contributed by atoms with Crippen LogP contribution in [0.4, 0.5) is 0 Å². The summed E-state index contributed by atoms with van der Waals surface area (Å²) in [5.74, 6) is 0. The van der Waals surface area contributed by atoms with E-state index in [0.717, 1.165) is 44.0 Å². The lowest BCUT2D eigenvalue weighted by Crippen LogP contribution is -1.85. The molecule has 0 spiro atoms. The first kappa shape index (κ1) is 23.0. The highest BCUT2D eigenvalue weighted by atomic mass is 32.1. The van der Waals surface area contributed by atoms with Crippen LogP contribution < -0.4 is 0 Å². The largest absolute Gasteiger partial charge is 0.148 e. The highest BCUT2D eigenvalue weighted by Crippen LogP contribution is 2.37. The van der Waals surface area contributed by atoms with Crippen molar-refractivity contribution in [2.24, 2.45) is 0 Å². The van der Waals surface area contributed by atoms with Crippen LogP contribution in [0.15, 0.2) is 36.4 Å². The lowest BCUT2D eigenvalue weighted by molar-refractivity contribution is 0.663. The molecule has 2 heterocycles. The fourth-order valence-electron chi connectivity index (χ4n) is 4.02. The second kappa shape index (κ2) is 11.6. The molecule has 0 saturated heterocycles. The van der Waals surface area contributed by atoms with Crippen LogP contribution in [0.1, 0.15) is 75.2 Å². The molecular formula is C26H32N4S2. The van der Waals surface area contributed by atoms with Crippen LogP contribution >= 0.6 is 22.7 Å². The van der Waals surface area contributed by atoms with E-state index in [-0.39, 0.29) is 0 Å². The number of hydrogen-bond donors (Lipinski definition) is 0. The number of fused-ring (bicyclic) bond motifs is 1. The highest BCUT2D eigenvalue weighted by molar-refractivity contribution is 7.15. The fourth-order valence-corrected chi connectivity index (χ4v) is 5.86. The molecule has 4 aromatic rings. The molecule has 0 saturated carbocycles. The van der Waals surface area contributed by atoms with Crippen molar-refractivity contribution in [1.29, 1.82) is 0 Å². The van der Waals surface area contributed by atoms with Gasteiger partial charge in [-0.2, -0.15) is 0 Å². The van der Waals surface area contributed by atoms with Crippen LogP contribution in [0.2, 0.25) is 0 Å². The van der Waals surface area contributed by atoms with Crippen LogP contribution in [-0.2, 0) is 12.8 Å². The molecule has 0 aliphatic carbocycles. The maximum Gasteiger partial charge on any atom is 0.148 e. The lowest BCUT2D eigenvalue weighted by Gasteiger charge is -2.07. The molecule has 0 amide bonds. The van der Waals surface area contributed by atoms with Crippen molar-refractivity contribution in [3.63, 3.8) is 0 Å². The predicted octanol–water partition coefficient (Wildman–Crippen LogP) is 8.12. The fraction of sp³-hybridized carbons (Fsp3) is 0.462. The van der Waals surface area contributed by atoms with Crippen molar-refractivity contribution >= 4 is 33.4 Å². The zero-order valence-corrected chi connectivity index (χ0v) is 20.8. The molecule has 6 heteroatoms. The third-order valence-electron chi connectivity index (χ3n) is 5.80. The summed E-state index contributed by atoms with van der Waals surface area (Å²) < 4.78 is 0. The Labute approximate surface area is 199 Å². The van der Waals surface area contributed by atoms with Crippen molar-refractivity contribution in [1.82, 2.24) is 20.4 Å². The standard InChI is InChI=1S/C26H32N4S2/c1-3-5-7-9-17-23-27-29-25(31-23)21-15-11-14-20-19(21)13-12-16-22(20)26-30-28-24(32-26)18-10-8-6-4-2/h11-16H,3-10,17-18H2,1-2H3. The van der Waals surface area contributed by atoms with Gasteiger partial charge in [0.15, 0.2) is 0 Å². The molecule has 0 aliphatic rings. The molecule has 0 fully saturated rings. The number of unbranched alkanes of at least 4 members (excludes halogenated alkanes) is 6. The summed E-state index contributed by atoms with van der Waals surface area (Å²) in [4.78, 5) is 0. The molecule has 0 aliphatic heterocycles. The van der Waals surface area contributed by atoms with Crippen LogP contribution in [0.25, 0.3) is 31.9 Å². The van der Waals surface area contributed by atoms with Gasteiger partial charge in [0.1, 0.15) is 20.0 Å². The molecule has 4 nitrogen and oxygen atoms in total. The topological polar surface area (TPSA) is 51.6 Å². The van der Waals surface area contributed by atoms with E-state index >= 15 is 0 Å². The summed E-state index contributed by atoms with van der Waals surface area (Å²) >= 11 is 3.46. The summed E-state index contributed by atoms with van der Waals surface area (Å²) in [6, 6.07) is 12.9. The highest BCUT2D eigenvalue weighted by Gasteiger charge is 2.14. The van der Waals surface area contributed by atoms with Gasteiger partial charge in [0.25, 0.3) is 0 Å². The Morgan fingerprint density at radius 2 is 1.03 bits per heavy atom. The zero-order chi connectivity index (χ0) is 22.2. The van der Waals surface area contributed by atoms with Crippen molar-refractivity contribution in [3.05, 3.63) is 46.4 Å². The van der Waals surface area contributed by atoms with E-state index in [4.69, 9.17) is 0 Å². The van der Waals surface area contributed by atoms with Crippen molar-refractivity contribution in [2.45, 2.75) is 78.1 Å². The zero-order valence-electron chi connectivity index (χ0n) is 19.1. The first-order valence-electron chi connectivity index (χ1n) is 12.0. The third kappa shape index (κ3) is 5.59. The normalized spacial score (nSPS) is 11.4. The Balaban J connectivity index is 1.56.